The molecule has 0 spiro atoms. The van der Waals surface area contributed by atoms with Crippen LogP contribution >= 0.6 is 0 Å². The van der Waals surface area contributed by atoms with Crippen molar-refractivity contribution in [2.45, 2.75) is 52.5 Å². The van der Waals surface area contributed by atoms with Crippen LogP contribution in [0, 0.1) is 19.9 Å². The first-order valence-corrected chi connectivity index (χ1v) is 5.77. The Balaban J connectivity index is 2.88. The second kappa shape index (κ2) is 4.80. The van der Waals surface area contributed by atoms with Gasteiger partial charge in [0.15, 0.2) is 0 Å². The van der Waals surface area contributed by atoms with Gasteiger partial charge in [0.05, 0.1) is 0 Å². The SMILES string of the molecule is CCC(N)(CC)Cc1[c]c(C)cc(C)c1. The van der Waals surface area contributed by atoms with Crippen molar-refractivity contribution >= 4 is 0 Å². The summed E-state index contributed by atoms with van der Waals surface area (Å²) in [4.78, 5) is 0. The summed E-state index contributed by atoms with van der Waals surface area (Å²) < 4.78 is 0. The molecule has 0 saturated carbocycles. The van der Waals surface area contributed by atoms with Gasteiger partial charge in [-0.1, -0.05) is 31.5 Å². The van der Waals surface area contributed by atoms with Gasteiger partial charge in [-0.15, -0.1) is 0 Å². The molecule has 0 saturated heterocycles. The fourth-order valence-electron chi connectivity index (χ4n) is 1.96. The van der Waals surface area contributed by atoms with Crippen molar-refractivity contribution in [3.05, 3.63) is 34.9 Å². The van der Waals surface area contributed by atoms with Crippen molar-refractivity contribution in [3.63, 3.8) is 0 Å². The van der Waals surface area contributed by atoms with Gasteiger partial charge in [0, 0.05) is 5.54 Å². The van der Waals surface area contributed by atoms with E-state index in [2.05, 4.69) is 45.9 Å². The molecule has 1 heteroatoms. The highest BCUT2D eigenvalue weighted by Crippen LogP contribution is 2.19. The van der Waals surface area contributed by atoms with E-state index in [1.165, 1.54) is 16.7 Å². The van der Waals surface area contributed by atoms with Crippen molar-refractivity contribution < 1.29 is 0 Å². The van der Waals surface area contributed by atoms with Crippen LogP contribution in [0.2, 0.25) is 0 Å². The maximum Gasteiger partial charge on any atom is 0.0190 e. The van der Waals surface area contributed by atoms with Crippen LogP contribution in [0.15, 0.2) is 12.1 Å². The van der Waals surface area contributed by atoms with Gasteiger partial charge in [-0.25, -0.2) is 0 Å². The molecule has 0 unspecified atom stereocenters. The van der Waals surface area contributed by atoms with Gasteiger partial charge in [-0.2, -0.15) is 0 Å². The van der Waals surface area contributed by atoms with Crippen LogP contribution in [-0.2, 0) is 6.42 Å². The Labute approximate surface area is 93.7 Å². The minimum atomic E-state index is -0.0588. The molecule has 0 aliphatic carbocycles. The monoisotopic (exact) mass is 204 g/mol. The van der Waals surface area contributed by atoms with Crippen LogP contribution in [0.3, 0.4) is 0 Å². The molecule has 0 atom stereocenters. The van der Waals surface area contributed by atoms with Crippen molar-refractivity contribution in [3.8, 4) is 0 Å². The molecule has 0 bridgehead atoms. The first-order chi connectivity index (χ1) is 6.99. The summed E-state index contributed by atoms with van der Waals surface area (Å²) in [5.74, 6) is 0. The summed E-state index contributed by atoms with van der Waals surface area (Å²) in [7, 11) is 0. The second-order valence-corrected chi connectivity index (χ2v) is 4.61. The normalized spacial score (nSPS) is 11.8. The molecule has 1 aromatic carbocycles. The highest BCUT2D eigenvalue weighted by molar-refractivity contribution is 5.28. The molecular formula is C14H22N. The lowest BCUT2D eigenvalue weighted by Gasteiger charge is -2.26. The molecule has 2 N–H and O–H groups in total. The molecule has 0 aliphatic rings. The van der Waals surface area contributed by atoms with Gasteiger partial charge in [0.25, 0.3) is 0 Å². The lowest BCUT2D eigenvalue weighted by molar-refractivity contribution is 0.393. The van der Waals surface area contributed by atoms with E-state index in [0.717, 1.165) is 19.3 Å². The summed E-state index contributed by atoms with van der Waals surface area (Å²) in [6.07, 6.45) is 2.97. The number of hydrogen-bond donors (Lipinski definition) is 1. The van der Waals surface area contributed by atoms with E-state index >= 15 is 0 Å². The average molecular weight is 204 g/mol. The van der Waals surface area contributed by atoms with Gasteiger partial charge in [0.2, 0.25) is 0 Å². The van der Waals surface area contributed by atoms with Crippen molar-refractivity contribution in [2.75, 3.05) is 0 Å². The zero-order valence-corrected chi connectivity index (χ0v) is 10.4. The largest absolute Gasteiger partial charge is 0.325 e. The van der Waals surface area contributed by atoms with Gasteiger partial charge < -0.3 is 5.73 Å². The molecule has 0 amide bonds. The molecule has 1 nitrogen and oxygen atoms in total. The third-order valence-corrected chi connectivity index (χ3v) is 3.15. The minimum absolute atomic E-state index is 0.0588. The van der Waals surface area contributed by atoms with Crippen LogP contribution in [0.4, 0.5) is 0 Å². The molecule has 15 heavy (non-hydrogen) atoms. The van der Waals surface area contributed by atoms with E-state index in [9.17, 15) is 0 Å². The predicted molar refractivity (Wildman–Crippen MR) is 66.0 cm³/mol. The quantitative estimate of drug-likeness (QED) is 0.801. The zero-order valence-electron chi connectivity index (χ0n) is 10.4. The van der Waals surface area contributed by atoms with E-state index in [4.69, 9.17) is 5.73 Å². The van der Waals surface area contributed by atoms with E-state index in [1.807, 2.05) is 0 Å². The number of hydrogen-bond acceptors (Lipinski definition) is 1. The standard InChI is InChI=1S/C14H22N/c1-5-14(15,6-2)10-13-8-11(3)7-12(4)9-13/h7-8H,5-6,10,15H2,1-4H3. The molecule has 1 radical (unpaired) electrons. The third-order valence-electron chi connectivity index (χ3n) is 3.15. The zero-order chi connectivity index (χ0) is 11.5. The summed E-state index contributed by atoms with van der Waals surface area (Å²) >= 11 is 0. The average Bonchev–Trinajstić information content (AvgIpc) is 2.16. The van der Waals surface area contributed by atoms with E-state index in [0.29, 0.717) is 0 Å². The topological polar surface area (TPSA) is 26.0 Å². The van der Waals surface area contributed by atoms with Gasteiger partial charge >= 0.3 is 0 Å². The number of benzene rings is 1. The Bertz CT molecular complexity index is 304. The van der Waals surface area contributed by atoms with E-state index < -0.39 is 0 Å². The fraction of sp³-hybridized carbons (Fsp3) is 0.571. The summed E-state index contributed by atoms with van der Waals surface area (Å²) in [6.45, 7) is 8.53. The van der Waals surface area contributed by atoms with Crippen molar-refractivity contribution in [2.24, 2.45) is 5.73 Å². The van der Waals surface area contributed by atoms with E-state index in [1.54, 1.807) is 0 Å². The van der Waals surface area contributed by atoms with Crippen LogP contribution in [0.1, 0.15) is 43.4 Å². The number of aryl methyl sites for hydroxylation is 2. The molecule has 0 aliphatic heterocycles. The Kier molecular flexibility index (Phi) is 3.92. The lowest BCUT2D eigenvalue weighted by atomic mass is 9.86. The van der Waals surface area contributed by atoms with Gasteiger partial charge in [-0.3, -0.25) is 0 Å². The maximum absolute atomic E-state index is 6.31. The highest BCUT2D eigenvalue weighted by Gasteiger charge is 2.20. The Morgan fingerprint density at radius 2 is 1.80 bits per heavy atom. The molecular weight excluding hydrogens is 182 g/mol. The molecule has 0 aromatic heterocycles. The molecule has 0 heterocycles. The minimum Gasteiger partial charge on any atom is -0.325 e. The second-order valence-electron chi connectivity index (χ2n) is 4.61. The van der Waals surface area contributed by atoms with Crippen LogP contribution in [0.25, 0.3) is 0 Å². The predicted octanol–water partition coefficient (Wildman–Crippen LogP) is 3.16. The molecule has 0 fully saturated rings. The molecule has 1 rings (SSSR count). The molecule has 1 aromatic rings. The fourth-order valence-corrected chi connectivity index (χ4v) is 1.96. The number of rotatable bonds is 4. The third kappa shape index (κ3) is 3.35. The number of nitrogens with two attached hydrogens (primary N) is 1. The smallest absolute Gasteiger partial charge is 0.0190 e. The van der Waals surface area contributed by atoms with Gasteiger partial charge in [0.1, 0.15) is 0 Å². The summed E-state index contributed by atoms with van der Waals surface area (Å²) in [5.41, 5.74) is 10.0. The maximum atomic E-state index is 6.31. The first-order valence-electron chi connectivity index (χ1n) is 5.77. The highest BCUT2D eigenvalue weighted by atomic mass is 14.7. The van der Waals surface area contributed by atoms with Crippen LogP contribution < -0.4 is 5.73 Å². The van der Waals surface area contributed by atoms with Crippen LogP contribution in [-0.4, -0.2) is 5.54 Å². The summed E-state index contributed by atoms with van der Waals surface area (Å²) in [6, 6.07) is 7.74. The Hall–Kier alpha value is -0.820. The Morgan fingerprint density at radius 1 is 1.20 bits per heavy atom. The van der Waals surface area contributed by atoms with E-state index in [-0.39, 0.29) is 5.54 Å². The van der Waals surface area contributed by atoms with Crippen LogP contribution in [0.5, 0.6) is 0 Å². The Morgan fingerprint density at radius 3 is 2.27 bits per heavy atom. The van der Waals surface area contributed by atoms with Crippen molar-refractivity contribution in [1.29, 1.82) is 0 Å². The van der Waals surface area contributed by atoms with Gasteiger partial charge in [-0.05, 0) is 50.3 Å². The molecule has 83 valence electrons. The first kappa shape index (κ1) is 12.3. The van der Waals surface area contributed by atoms with Crippen molar-refractivity contribution in [1.82, 2.24) is 0 Å². The summed E-state index contributed by atoms with van der Waals surface area (Å²) in [5, 5.41) is 0. The lowest BCUT2D eigenvalue weighted by Crippen LogP contribution is -2.40.